The molecule has 0 aliphatic carbocycles. The molecule has 1 aromatic rings. The average molecular weight is 268 g/mol. The maximum atomic E-state index is 12.4. The van der Waals surface area contributed by atoms with Crippen molar-refractivity contribution in [1.82, 2.24) is 4.90 Å². The number of benzene rings is 1. The lowest BCUT2D eigenvalue weighted by Crippen LogP contribution is -2.35. The molecular formula is C14H18ClNO2. The molecule has 0 radical (unpaired) electrons. The third-order valence-electron chi connectivity index (χ3n) is 3.42. The Hall–Kier alpha value is -1.06. The summed E-state index contributed by atoms with van der Waals surface area (Å²) in [6.07, 6.45) is 3.74. The summed E-state index contributed by atoms with van der Waals surface area (Å²) in [4.78, 5) is 14.3. The highest BCUT2D eigenvalue weighted by molar-refractivity contribution is 6.30. The topological polar surface area (TPSA) is 40.5 Å². The van der Waals surface area contributed by atoms with Crippen molar-refractivity contribution >= 4 is 17.5 Å². The molecule has 1 amide bonds. The number of amides is 1. The van der Waals surface area contributed by atoms with Gasteiger partial charge in [-0.25, -0.2) is 0 Å². The highest BCUT2D eigenvalue weighted by atomic mass is 35.5. The molecule has 18 heavy (non-hydrogen) atoms. The first kappa shape index (κ1) is 13.4. The number of carbonyl (C=O) groups is 1. The van der Waals surface area contributed by atoms with Crippen LogP contribution in [0.15, 0.2) is 24.3 Å². The molecule has 0 spiro atoms. The third kappa shape index (κ3) is 3.03. The predicted molar refractivity (Wildman–Crippen MR) is 71.8 cm³/mol. The van der Waals surface area contributed by atoms with E-state index in [1.54, 1.807) is 24.3 Å². The van der Waals surface area contributed by atoms with E-state index < -0.39 is 0 Å². The number of aliphatic hydroxyl groups excluding tert-OH is 1. The Labute approximate surface area is 112 Å². The number of aliphatic hydroxyl groups is 1. The van der Waals surface area contributed by atoms with Gasteiger partial charge in [-0.2, -0.15) is 0 Å². The fourth-order valence-electron chi connectivity index (χ4n) is 2.49. The fourth-order valence-corrected chi connectivity index (χ4v) is 2.61. The molecule has 1 aliphatic rings. The molecule has 1 unspecified atom stereocenters. The Balaban J connectivity index is 2.05. The summed E-state index contributed by atoms with van der Waals surface area (Å²) in [6.45, 7) is 1.01. The van der Waals surface area contributed by atoms with Crippen LogP contribution in [0.5, 0.6) is 0 Å². The van der Waals surface area contributed by atoms with Gasteiger partial charge < -0.3 is 10.0 Å². The zero-order chi connectivity index (χ0) is 13.0. The van der Waals surface area contributed by atoms with Crippen molar-refractivity contribution in [3.05, 3.63) is 34.9 Å². The van der Waals surface area contributed by atoms with Crippen LogP contribution in [0, 0.1) is 0 Å². The van der Waals surface area contributed by atoms with Crippen molar-refractivity contribution in [2.45, 2.75) is 31.7 Å². The molecule has 1 aromatic carbocycles. The zero-order valence-corrected chi connectivity index (χ0v) is 11.1. The summed E-state index contributed by atoms with van der Waals surface area (Å²) in [7, 11) is 0. The molecule has 2 rings (SSSR count). The van der Waals surface area contributed by atoms with Crippen LogP contribution in [0.3, 0.4) is 0 Å². The number of carbonyl (C=O) groups excluding carboxylic acids is 1. The van der Waals surface area contributed by atoms with Crippen LogP contribution in [0.25, 0.3) is 0 Å². The van der Waals surface area contributed by atoms with Gasteiger partial charge in [0.25, 0.3) is 5.91 Å². The summed E-state index contributed by atoms with van der Waals surface area (Å²) in [5.74, 6) is 0.0760. The number of hydrogen-bond donors (Lipinski definition) is 1. The zero-order valence-electron chi connectivity index (χ0n) is 10.3. The van der Waals surface area contributed by atoms with Crippen LogP contribution in [-0.4, -0.2) is 35.1 Å². The lowest BCUT2D eigenvalue weighted by Gasteiger charge is -2.24. The first-order valence-corrected chi connectivity index (χ1v) is 6.77. The van der Waals surface area contributed by atoms with E-state index in [9.17, 15) is 4.79 Å². The Kier molecular flexibility index (Phi) is 4.61. The van der Waals surface area contributed by atoms with Crippen LogP contribution in [0.2, 0.25) is 5.02 Å². The van der Waals surface area contributed by atoms with E-state index in [-0.39, 0.29) is 18.6 Å². The molecule has 1 N–H and O–H groups in total. The second kappa shape index (κ2) is 6.21. The fraction of sp³-hybridized carbons (Fsp3) is 0.500. The quantitative estimate of drug-likeness (QED) is 0.911. The molecule has 1 heterocycles. The molecular weight excluding hydrogens is 250 g/mol. The molecule has 0 bridgehead atoms. The van der Waals surface area contributed by atoms with E-state index >= 15 is 0 Å². The largest absolute Gasteiger partial charge is 0.396 e. The van der Waals surface area contributed by atoms with Crippen molar-refractivity contribution in [1.29, 1.82) is 0 Å². The Morgan fingerprint density at radius 2 is 2.11 bits per heavy atom. The Morgan fingerprint density at radius 3 is 2.78 bits per heavy atom. The van der Waals surface area contributed by atoms with Gasteiger partial charge in [0.1, 0.15) is 0 Å². The second-order valence-electron chi connectivity index (χ2n) is 4.67. The number of likely N-dealkylation sites (tertiary alicyclic amines) is 1. The molecule has 1 fully saturated rings. The number of halogens is 1. The van der Waals surface area contributed by atoms with Crippen LogP contribution >= 0.6 is 11.6 Å². The Bertz CT molecular complexity index is 405. The van der Waals surface area contributed by atoms with Gasteiger partial charge in [0, 0.05) is 29.8 Å². The van der Waals surface area contributed by atoms with Crippen molar-refractivity contribution in [2.24, 2.45) is 0 Å². The van der Waals surface area contributed by atoms with E-state index in [2.05, 4.69) is 0 Å². The van der Waals surface area contributed by atoms with Gasteiger partial charge in [-0.15, -0.1) is 0 Å². The van der Waals surface area contributed by atoms with E-state index in [1.807, 2.05) is 4.90 Å². The first-order chi connectivity index (χ1) is 8.72. The monoisotopic (exact) mass is 267 g/mol. The minimum Gasteiger partial charge on any atom is -0.396 e. The van der Waals surface area contributed by atoms with Crippen molar-refractivity contribution in [3.8, 4) is 0 Å². The minimum absolute atomic E-state index is 0.0760. The van der Waals surface area contributed by atoms with Gasteiger partial charge in [-0.3, -0.25) is 4.79 Å². The SMILES string of the molecule is O=C(c1ccc(Cl)cc1)N1CCCC1CCCO. The highest BCUT2D eigenvalue weighted by Gasteiger charge is 2.28. The van der Waals surface area contributed by atoms with E-state index in [0.717, 1.165) is 32.2 Å². The standard InChI is InChI=1S/C14H18ClNO2/c15-12-7-5-11(6-8-12)14(18)16-9-1-3-13(16)4-2-10-17/h5-8,13,17H,1-4,9-10H2. The molecule has 98 valence electrons. The highest BCUT2D eigenvalue weighted by Crippen LogP contribution is 2.24. The van der Waals surface area contributed by atoms with Crippen LogP contribution < -0.4 is 0 Å². The Morgan fingerprint density at radius 1 is 1.39 bits per heavy atom. The molecule has 4 heteroatoms. The molecule has 1 saturated heterocycles. The summed E-state index contributed by atoms with van der Waals surface area (Å²) in [6, 6.07) is 7.31. The van der Waals surface area contributed by atoms with Gasteiger partial charge in [-0.05, 0) is 49.9 Å². The smallest absolute Gasteiger partial charge is 0.254 e. The maximum Gasteiger partial charge on any atom is 0.254 e. The summed E-state index contributed by atoms with van der Waals surface area (Å²) in [5, 5.41) is 9.52. The van der Waals surface area contributed by atoms with Gasteiger partial charge in [0.15, 0.2) is 0 Å². The van der Waals surface area contributed by atoms with Crippen LogP contribution in [0.1, 0.15) is 36.0 Å². The van der Waals surface area contributed by atoms with Crippen LogP contribution in [0.4, 0.5) is 0 Å². The average Bonchev–Trinajstić information content (AvgIpc) is 2.84. The predicted octanol–water partition coefficient (Wildman–Crippen LogP) is 2.72. The van der Waals surface area contributed by atoms with E-state index in [4.69, 9.17) is 16.7 Å². The first-order valence-electron chi connectivity index (χ1n) is 6.40. The summed E-state index contributed by atoms with van der Waals surface area (Å²) in [5.41, 5.74) is 0.690. The number of rotatable bonds is 4. The number of hydrogen-bond acceptors (Lipinski definition) is 2. The minimum atomic E-state index is 0.0760. The lowest BCUT2D eigenvalue weighted by atomic mass is 10.1. The van der Waals surface area contributed by atoms with Crippen molar-refractivity contribution < 1.29 is 9.90 Å². The molecule has 1 atom stereocenters. The molecule has 0 aromatic heterocycles. The van der Waals surface area contributed by atoms with E-state index in [0.29, 0.717) is 10.6 Å². The third-order valence-corrected chi connectivity index (χ3v) is 3.68. The summed E-state index contributed by atoms with van der Waals surface area (Å²) >= 11 is 5.82. The van der Waals surface area contributed by atoms with Gasteiger partial charge in [0.05, 0.1) is 0 Å². The maximum absolute atomic E-state index is 12.4. The normalized spacial score (nSPS) is 19.2. The lowest BCUT2D eigenvalue weighted by molar-refractivity contribution is 0.0724. The van der Waals surface area contributed by atoms with Crippen molar-refractivity contribution in [2.75, 3.05) is 13.2 Å². The second-order valence-corrected chi connectivity index (χ2v) is 5.10. The van der Waals surface area contributed by atoms with Gasteiger partial charge in [0.2, 0.25) is 0 Å². The van der Waals surface area contributed by atoms with Crippen LogP contribution in [-0.2, 0) is 0 Å². The van der Waals surface area contributed by atoms with Gasteiger partial charge in [-0.1, -0.05) is 11.6 Å². The molecule has 0 saturated carbocycles. The van der Waals surface area contributed by atoms with E-state index in [1.165, 1.54) is 0 Å². The van der Waals surface area contributed by atoms with Crippen molar-refractivity contribution in [3.63, 3.8) is 0 Å². The number of nitrogens with zero attached hydrogens (tertiary/aromatic N) is 1. The summed E-state index contributed by atoms with van der Waals surface area (Å²) < 4.78 is 0. The molecule has 1 aliphatic heterocycles. The molecule has 3 nitrogen and oxygen atoms in total. The van der Waals surface area contributed by atoms with Gasteiger partial charge >= 0.3 is 0 Å².